The summed E-state index contributed by atoms with van der Waals surface area (Å²) in [6.07, 6.45) is 61.2. The highest BCUT2D eigenvalue weighted by atomic mass is 16.6. The minimum Gasteiger partial charge on any atom is -0.462 e. The van der Waals surface area contributed by atoms with E-state index in [1.54, 1.807) is 0 Å². The maximum absolute atomic E-state index is 12.7. The van der Waals surface area contributed by atoms with Crippen LogP contribution in [0.1, 0.15) is 201 Å². The number of unbranched alkanes of at least 4 members (excludes halogenated alkanes) is 14. The summed E-state index contributed by atoms with van der Waals surface area (Å²) in [5, 5.41) is 0. The van der Waals surface area contributed by atoms with E-state index in [1.807, 2.05) is 0 Å². The van der Waals surface area contributed by atoms with Gasteiger partial charge in [0, 0.05) is 19.3 Å². The van der Waals surface area contributed by atoms with Crippen molar-refractivity contribution >= 4 is 17.9 Å². The van der Waals surface area contributed by atoms with Gasteiger partial charge < -0.3 is 14.2 Å². The van der Waals surface area contributed by atoms with Crippen LogP contribution in [0.25, 0.3) is 0 Å². The van der Waals surface area contributed by atoms with E-state index < -0.39 is 6.10 Å². The van der Waals surface area contributed by atoms with Crippen molar-refractivity contribution in [1.29, 1.82) is 0 Å². The van der Waals surface area contributed by atoms with Crippen LogP contribution in [-0.2, 0) is 28.6 Å². The van der Waals surface area contributed by atoms with Crippen LogP contribution in [0.15, 0.2) is 97.2 Å². The Morgan fingerprint density at radius 2 is 0.661 bits per heavy atom. The van der Waals surface area contributed by atoms with E-state index in [0.29, 0.717) is 19.3 Å². The van der Waals surface area contributed by atoms with Gasteiger partial charge in [-0.2, -0.15) is 0 Å². The molecule has 0 saturated carbocycles. The monoisotopic (exact) mass is 819 g/mol. The molecule has 59 heavy (non-hydrogen) atoms. The Labute approximate surface area is 362 Å². The zero-order valence-electron chi connectivity index (χ0n) is 38.0. The molecular formula is C53H86O6. The molecule has 0 aliphatic rings. The van der Waals surface area contributed by atoms with Gasteiger partial charge in [0.05, 0.1) is 0 Å². The molecule has 0 aromatic rings. The molecule has 1 atom stereocenters. The Bertz CT molecular complexity index is 1220. The predicted molar refractivity (Wildman–Crippen MR) is 251 cm³/mol. The van der Waals surface area contributed by atoms with Gasteiger partial charge in [-0.15, -0.1) is 0 Å². The summed E-state index contributed by atoms with van der Waals surface area (Å²) in [6, 6.07) is 0. The van der Waals surface area contributed by atoms with Gasteiger partial charge in [0.15, 0.2) is 6.10 Å². The van der Waals surface area contributed by atoms with Gasteiger partial charge in [-0.05, 0) is 116 Å². The van der Waals surface area contributed by atoms with E-state index in [4.69, 9.17) is 14.2 Å². The molecule has 0 aromatic carbocycles. The number of carbonyl (C=O) groups is 3. The number of esters is 3. The summed E-state index contributed by atoms with van der Waals surface area (Å²) in [5.41, 5.74) is 0. The van der Waals surface area contributed by atoms with Gasteiger partial charge in [0.25, 0.3) is 0 Å². The summed E-state index contributed by atoms with van der Waals surface area (Å²) >= 11 is 0. The second kappa shape index (κ2) is 47.0. The highest BCUT2D eigenvalue weighted by Gasteiger charge is 2.19. The fourth-order valence-electron chi connectivity index (χ4n) is 6.03. The fourth-order valence-corrected chi connectivity index (χ4v) is 6.03. The van der Waals surface area contributed by atoms with Crippen LogP contribution in [0, 0.1) is 0 Å². The van der Waals surface area contributed by atoms with E-state index in [1.165, 1.54) is 38.5 Å². The molecule has 0 fully saturated rings. The summed E-state index contributed by atoms with van der Waals surface area (Å²) in [5.74, 6) is -1.00. The summed E-state index contributed by atoms with van der Waals surface area (Å²) in [7, 11) is 0. The van der Waals surface area contributed by atoms with Crippen LogP contribution in [0.4, 0.5) is 0 Å². The summed E-state index contributed by atoms with van der Waals surface area (Å²) in [4.78, 5) is 37.7. The molecule has 6 heteroatoms. The number of ether oxygens (including phenoxy) is 3. The first-order chi connectivity index (χ1) is 29.0. The molecule has 334 valence electrons. The minimum absolute atomic E-state index is 0.113. The second-order valence-electron chi connectivity index (χ2n) is 15.2. The molecule has 6 nitrogen and oxygen atoms in total. The molecule has 0 saturated heterocycles. The quantitative estimate of drug-likeness (QED) is 0.0265. The average molecular weight is 819 g/mol. The molecule has 0 radical (unpaired) electrons. The van der Waals surface area contributed by atoms with Crippen molar-refractivity contribution < 1.29 is 28.6 Å². The van der Waals surface area contributed by atoms with Crippen LogP contribution in [0.5, 0.6) is 0 Å². The van der Waals surface area contributed by atoms with Gasteiger partial charge in [-0.1, -0.05) is 163 Å². The van der Waals surface area contributed by atoms with Crippen LogP contribution in [-0.4, -0.2) is 37.2 Å². The SMILES string of the molecule is CC/C=C\C/C=C\C/C=C\C/C=C\C/C=C\CCCCCC(=O)OCC(COC(=O)CCCC/C=C\C/C=C\CC)OC(=O)CCCCC/C=C\CCCCCCCC. The normalized spacial score (nSPS) is 12.9. The van der Waals surface area contributed by atoms with Crippen molar-refractivity contribution in [2.75, 3.05) is 13.2 Å². The molecule has 0 bridgehead atoms. The third-order valence-corrected chi connectivity index (χ3v) is 9.55. The van der Waals surface area contributed by atoms with E-state index in [-0.39, 0.29) is 31.1 Å². The van der Waals surface area contributed by atoms with Crippen molar-refractivity contribution in [3.8, 4) is 0 Å². The number of hydrogen-bond acceptors (Lipinski definition) is 6. The lowest BCUT2D eigenvalue weighted by atomic mass is 10.1. The molecule has 0 aliphatic heterocycles. The first-order valence-electron chi connectivity index (χ1n) is 23.7. The maximum atomic E-state index is 12.7. The standard InChI is InChI=1S/C53H86O6/c1-4-7-10-13-16-19-21-23-24-25-26-27-28-30-31-34-37-40-43-46-52(55)58-49-50(48-57-51(54)45-42-39-36-33-18-15-12-9-6-3)59-53(56)47-44-41-38-35-32-29-22-20-17-14-11-8-5-2/h7,9-10,12,16,18-19,23-24,26-27,29-33,50H,4-6,8,11,13-15,17,20-22,25,28,34-49H2,1-3H3/b10-7-,12-9-,19-16-,24-23-,27-26-,31-30-,32-29-,33-18-. The van der Waals surface area contributed by atoms with Gasteiger partial charge >= 0.3 is 17.9 Å². The largest absolute Gasteiger partial charge is 0.462 e. The Morgan fingerprint density at radius 3 is 1.08 bits per heavy atom. The van der Waals surface area contributed by atoms with Gasteiger partial charge in [-0.25, -0.2) is 0 Å². The Hall–Kier alpha value is -3.67. The zero-order valence-corrected chi connectivity index (χ0v) is 38.0. The van der Waals surface area contributed by atoms with Crippen LogP contribution in [0.3, 0.4) is 0 Å². The highest BCUT2D eigenvalue weighted by molar-refractivity contribution is 5.71. The molecule has 0 N–H and O–H groups in total. The van der Waals surface area contributed by atoms with E-state index >= 15 is 0 Å². The van der Waals surface area contributed by atoms with E-state index in [2.05, 4.69) is 118 Å². The molecule has 1 unspecified atom stereocenters. The number of hydrogen-bond donors (Lipinski definition) is 0. The van der Waals surface area contributed by atoms with Gasteiger partial charge in [0.2, 0.25) is 0 Å². The molecule has 0 amide bonds. The molecular weight excluding hydrogens is 733 g/mol. The lowest BCUT2D eigenvalue weighted by Crippen LogP contribution is -2.30. The van der Waals surface area contributed by atoms with Gasteiger partial charge in [-0.3, -0.25) is 14.4 Å². The molecule has 0 aromatic heterocycles. The Balaban J connectivity index is 4.45. The fraction of sp³-hybridized carbons (Fsp3) is 0.642. The van der Waals surface area contributed by atoms with Crippen LogP contribution in [0.2, 0.25) is 0 Å². The van der Waals surface area contributed by atoms with Crippen molar-refractivity contribution in [1.82, 2.24) is 0 Å². The summed E-state index contributed by atoms with van der Waals surface area (Å²) in [6.45, 7) is 6.29. The third kappa shape index (κ3) is 45.3. The van der Waals surface area contributed by atoms with Crippen LogP contribution >= 0.6 is 0 Å². The molecule has 0 aliphatic carbocycles. The lowest BCUT2D eigenvalue weighted by molar-refractivity contribution is -0.167. The second-order valence-corrected chi connectivity index (χ2v) is 15.2. The lowest BCUT2D eigenvalue weighted by Gasteiger charge is -2.18. The maximum Gasteiger partial charge on any atom is 0.306 e. The van der Waals surface area contributed by atoms with E-state index in [9.17, 15) is 14.4 Å². The molecule has 0 heterocycles. The van der Waals surface area contributed by atoms with Crippen molar-refractivity contribution in [2.24, 2.45) is 0 Å². The minimum atomic E-state index is -0.810. The highest BCUT2D eigenvalue weighted by Crippen LogP contribution is 2.12. The zero-order chi connectivity index (χ0) is 43.0. The van der Waals surface area contributed by atoms with Crippen molar-refractivity contribution in [3.05, 3.63) is 97.2 Å². The average Bonchev–Trinajstić information content (AvgIpc) is 3.23. The Morgan fingerprint density at radius 1 is 0.356 bits per heavy atom. The molecule has 0 spiro atoms. The van der Waals surface area contributed by atoms with Crippen molar-refractivity contribution in [2.45, 2.75) is 207 Å². The number of rotatable bonds is 41. The third-order valence-electron chi connectivity index (χ3n) is 9.55. The summed E-state index contributed by atoms with van der Waals surface area (Å²) < 4.78 is 16.6. The smallest absolute Gasteiger partial charge is 0.306 e. The number of carbonyl (C=O) groups excluding carboxylic acids is 3. The van der Waals surface area contributed by atoms with Gasteiger partial charge in [0.1, 0.15) is 13.2 Å². The number of allylic oxidation sites excluding steroid dienone is 16. The predicted octanol–water partition coefficient (Wildman–Crippen LogP) is 15.4. The van der Waals surface area contributed by atoms with Crippen molar-refractivity contribution in [3.63, 3.8) is 0 Å². The topological polar surface area (TPSA) is 78.9 Å². The van der Waals surface area contributed by atoms with E-state index in [0.717, 1.165) is 122 Å². The molecule has 0 rings (SSSR count). The van der Waals surface area contributed by atoms with Crippen LogP contribution < -0.4 is 0 Å². The Kier molecular flexibility index (Phi) is 44.1. The first-order valence-corrected chi connectivity index (χ1v) is 23.7. The first kappa shape index (κ1) is 55.3.